The average molecular weight is 523 g/mol. The van der Waals surface area contributed by atoms with Crippen molar-refractivity contribution in [2.75, 3.05) is 11.4 Å². The molecule has 1 saturated heterocycles. The molecule has 0 radical (unpaired) electrons. The Kier molecular flexibility index (Phi) is 4.91. The third kappa shape index (κ3) is 3.57. The van der Waals surface area contributed by atoms with E-state index in [0.717, 1.165) is 25.5 Å². The maximum atomic E-state index is 11.9. The third-order valence-electron chi connectivity index (χ3n) is 4.07. The van der Waals surface area contributed by atoms with E-state index in [2.05, 4.69) is 57.8 Å². The zero-order valence-electron chi connectivity index (χ0n) is 14.7. The van der Waals surface area contributed by atoms with Crippen molar-refractivity contribution in [3.63, 3.8) is 0 Å². The molecule has 0 bridgehead atoms. The molecule has 3 heterocycles. The van der Waals surface area contributed by atoms with E-state index in [1.807, 2.05) is 40.8 Å². The highest BCUT2D eigenvalue weighted by Crippen LogP contribution is 2.33. The molecule has 0 aromatic carbocycles. The van der Waals surface area contributed by atoms with Gasteiger partial charge in [0.05, 0.1) is 24.5 Å². The predicted octanol–water partition coefficient (Wildman–Crippen LogP) is 3.93. The number of carbonyl (C=O) groups is 1. The highest BCUT2D eigenvalue weighted by molar-refractivity contribution is 14.1. The largest absolute Gasteiger partial charge is 0.509 e. The normalized spacial score (nSPS) is 20.5. The maximum Gasteiger partial charge on any atom is 0.509 e. The van der Waals surface area contributed by atoms with Crippen LogP contribution in [-0.2, 0) is 9.47 Å². The molecule has 0 N–H and O–H groups in total. The number of halogens is 2. The van der Waals surface area contributed by atoms with Gasteiger partial charge in [-0.15, -0.1) is 0 Å². The number of carbonyl (C=O) groups excluding carboxylic acids is 1. The summed E-state index contributed by atoms with van der Waals surface area (Å²) < 4.78 is 14.5. The van der Waals surface area contributed by atoms with Crippen LogP contribution in [0.3, 0.4) is 0 Å². The molecule has 1 aliphatic rings. The Morgan fingerprint density at radius 3 is 2.72 bits per heavy atom. The van der Waals surface area contributed by atoms with Crippen molar-refractivity contribution in [1.82, 2.24) is 14.4 Å². The molecule has 0 spiro atoms. The summed E-state index contributed by atoms with van der Waals surface area (Å²) in [5, 5.41) is 0. The molecule has 0 amide bonds. The molecule has 2 atom stereocenters. The number of fused-ring (bicyclic) bond motifs is 1. The Labute approximate surface area is 168 Å². The van der Waals surface area contributed by atoms with E-state index in [9.17, 15) is 4.79 Å². The monoisotopic (exact) mass is 522 g/mol. The van der Waals surface area contributed by atoms with Crippen molar-refractivity contribution >= 4 is 56.1 Å². The van der Waals surface area contributed by atoms with Gasteiger partial charge in [-0.1, -0.05) is 0 Å². The minimum atomic E-state index is -0.637. The highest BCUT2D eigenvalue weighted by Gasteiger charge is 2.41. The molecule has 7 nitrogen and oxygen atoms in total. The first kappa shape index (κ1) is 18.7. The molecule has 0 aliphatic carbocycles. The standard InChI is InChI=1S/C16H20BrIN4O3/c1-8-10(24-15(23)25-16(3,4)5)7-21(8)14-13-19-6-11(18)22(13)9(2)12(17)20-14/h6,8,10H,7H2,1-5H3/t8-,10+/m0/s1. The second-order valence-corrected chi connectivity index (χ2v) is 8.92. The third-order valence-corrected chi connectivity index (χ3v) is 5.58. The van der Waals surface area contributed by atoms with Crippen LogP contribution < -0.4 is 4.90 Å². The molecule has 1 fully saturated rings. The lowest BCUT2D eigenvalue weighted by atomic mass is 10.0. The van der Waals surface area contributed by atoms with Crippen LogP contribution in [0, 0.1) is 10.6 Å². The van der Waals surface area contributed by atoms with Gasteiger partial charge in [0.2, 0.25) is 0 Å². The van der Waals surface area contributed by atoms with E-state index < -0.39 is 11.8 Å². The van der Waals surface area contributed by atoms with Gasteiger partial charge in [-0.3, -0.25) is 4.40 Å². The van der Waals surface area contributed by atoms with Gasteiger partial charge in [0.1, 0.15) is 20.0 Å². The number of nitrogens with zero attached hydrogens (tertiary/aromatic N) is 4. The fourth-order valence-corrected chi connectivity index (χ4v) is 3.78. The number of imidazole rings is 1. The Hall–Kier alpha value is -1.10. The summed E-state index contributed by atoms with van der Waals surface area (Å²) in [6, 6.07) is -0.00668. The van der Waals surface area contributed by atoms with E-state index in [4.69, 9.17) is 9.47 Å². The summed E-state index contributed by atoms with van der Waals surface area (Å²) in [6.45, 7) is 9.99. The Bertz CT molecular complexity index is 833. The fourth-order valence-electron chi connectivity index (χ4n) is 2.70. The molecule has 2 aromatic heterocycles. The lowest BCUT2D eigenvalue weighted by molar-refractivity contribution is -0.0413. The zero-order chi connectivity index (χ0) is 18.5. The Balaban J connectivity index is 1.79. The van der Waals surface area contributed by atoms with Crippen molar-refractivity contribution in [2.24, 2.45) is 0 Å². The van der Waals surface area contributed by atoms with Crippen LogP contribution in [0.1, 0.15) is 33.4 Å². The van der Waals surface area contributed by atoms with Gasteiger partial charge in [0.15, 0.2) is 11.5 Å². The number of hydrogen-bond donors (Lipinski definition) is 0. The predicted molar refractivity (Wildman–Crippen MR) is 106 cm³/mol. The van der Waals surface area contributed by atoms with Gasteiger partial charge in [0.25, 0.3) is 0 Å². The van der Waals surface area contributed by atoms with E-state index in [1.54, 1.807) is 0 Å². The molecule has 25 heavy (non-hydrogen) atoms. The molecular formula is C16H20BrIN4O3. The van der Waals surface area contributed by atoms with Crippen LogP contribution in [0.15, 0.2) is 10.8 Å². The van der Waals surface area contributed by atoms with Crippen LogP contribution >= 0.6 is 38.5 Å². The lowest BCUT2D eigenvalue weighted by Gasteiger charge is -2.45. The average Bonchev–Trinajstić information content (AvgIpc) is 2.87. The molecule has 0 unspecified atom stereocenters. The molecule has 0 saturated carbocycles. The van der Waals surface area contributed by atoms with Gasteiger partial charge < -0.3 is 14.4 Å². The van der Waals surface area contributed by atoms with Gasteiger partial charge >= 0.3 is 6.16 Å². The smallest absolute Gasteiger partial charge is 0.429 e. The SMILES string of the molecule is Cc1c(Br)nc(N2C[C@@H](OC(=O)OC(C)(C)C)[C@@H]2C)c2ncc(I)n12. The van der Waals surface area contributed by atoms with E-state index >= 15 is 0 Å². The first-order valence-electron chi connectivity index (χ1n) is 7.94. The summed E-state index contributed by atoms with van der Waals surface area (Å²) in [6.07, 6.45) is 0.952. The quantitative estimate of drug-likeness (QED) is 0.439. The summed E-state index contributed by atoms with van der Waals surface area (Å²) >= 11 is 5.77. The molecule has 9 heteroatoms. The Morgan fingerprint density at radius 2 is 2.12 bits per heavy atom. The van der Waals surface area contributed by atoms with Crippen molar-refractivity contribution in [2.45, 2.75) is 52.4 Å². The van der Waals surface area contributed by atoms with Gasteiger partial charge in [-0.25, -0.2) is 14.8 Å². The van der Waals surface area contributed by atoms with Gasteiger partial charge in [-0.05, 0) is 73.1 Å². The zero-order valence-corrected chi connectivity index (χ0v) is 18.5. The van der Waals surface area contributed by atoms with Gasteiger partial charge in [-0.2, -0.15) is 0 Å². The summed E-state index contributed by atoms with van der Waals surface area (Å²) in [7, 11) is 0. The molecular weight excluding hydrogens is 503 g/mol. The number of rotatable bonds is 2. The van der Waals surface area contributed by atoms with E-state index in [0.29, 0.717) is 6.54 Å². The first-order valence-corrected chi connectivity index (χ1v) is 9.81. The Morgan fingerprint density at radius 1 is 1.44 bits per heavy atom. The minimum absolute atomic E-state index is 0.00668. The number of ether oxygens (including phenoxy) is 2. The minimum Gasteiger partial charge on any atom is -0.429 e. The molecule has 3 rings (SSSR count). The second-order valence-electron chi connectivity index (χ2n) is 7.07. The molecule has 136 valence electrons. The molecule has 2 aromatic rings. The van der Waals surface area contributed by atoms with Crippen LogP contribution in [-0.4, -0.2) is 44.8 Å². The fraction of sp³-hybridized carbons (Fsp3) is 0.562. The number of aromatic nitrogens is 3. The molecule has 1 aliphatic heterocycles. The lowest BCUT2D eigenvalue weighted by Crippen LogP contribution is -2.61. The van der Waals surface area contributed by atoms with Crippen LogP contribution in [0.25, 0.3) is 5.65 Å². The first-order chi connectivity index (χ1) is 11.6. The number of anilines is 1. The van der Waals surface area contributed by atoms with E-state index in [1.165, 1.54) is 0 Å². The van der Waals surface area contributed by atoms with E-state index in [-0.39, 0.29) is 12.1 Å². The summed E-state index contributed by atoms with van der Waals surface area (Å²) in [5.41, 5.74) is 1.23. The number of aryl methyl sites for hydroxylation is 1. The summed E-state index contributed by atoms with van der Waals surface area (Å²) in [4.78, 5) is 23.1. The number of hydrogen-bond acceptors (Lipinski definition) is 6. The van der Waals surface area contributed by atoms with Crippen LogP contribution in [0.4, 0.5) is 10.6 Å². The van der Waals surface area contributed by atoms with Crippen molar-refractivity contribution in [3.8, 4) is 0 Å². The van der Waals surface area contributed by atoms with Crippen LogP contribution in [0.5, 0.6) is 0 Å². The summed E-state index contributed by atoms with van der Waals surface area (Å²) in [5.74, 6) is 0.775. The second kappa shape index (κ2) is 6.57. The topological polar surface area (TPSA) is 69.0 Å². The van der Waals surface area contributed by atoms with Crippen molar-refractivity contribution < 1.29 is 14.3 Å². The van der Waals surface area contributed by atoms with Gasteiger partial charge in [0, 0.05) is 0 Å². The highest BCUT2D eigenvalue weighted by atomic mass is 127. The van der Waals surface area contributed by atoms with Crippen molar-refractivity contribution in [1.29, 1.82) is 0 Å². The van der Waals surface area contributed by atoms with Crippen LogP contribution in [0.2, 0.25) is 0 Å². The van der Waals surface area contributed by atoms with Crippen molar-refractivity contribution in [3.05, 3.63) is 20.2 Å². The maximum absolute atomic E-state index is 11.9.